The summed E-state index contributed by atoms with van der Waals surface area (Å²) in [7, 11) is 0. The number of urea groups is 1. The maximum atomic E-state index is 11.8. The molecule has 1 fully saturated rings. The van der Waals surface area contributed by atoms with E-state index >= 15 is 0 Å². The zero-order valence-corrected chi connectivity index (χ0v) is 11.0. The van der Waals surface area contributed by atoms with Gasteiger partial charge in [0, 0.05) is 6.04 Å². The molecule has 96 valence electrons. The Morgan fingerprint density at radius 3 is 2.41 bits per heavy atom. The minimum absolute atomic E-state index is 0.0509. The van der Waals surface area contributed by atoms with Crippen LogP contribution in [0, 0.1) is 11.8 Å². The molecular weight excluding hydrogens is 214 g/mol. The fraction of sp³-hybridized carbons (Fsp3) is 0.846. The van der Waals surface area contributed by atoms with Crippen LogP contribution in [0.1, 0.15) is 46.5 Å². The third-order valence-corrected chi connectivity index (χ3v) is 4.11. The molecule has 4 heteroatoms. The number of nitrogens with two attached hydrogens (primary N) is 1. The highest BCUT2D eigenvalue weighted by molar-refractivity contribution is 6.03. The van der Waals surface area contributed by atoms with Gasteiger partial charge in [-0.3, -0.25) is 0 Å². The van der Waals surface area contributed by atoms with Crippen LogP contribution in [-0.2, 0) is 0 Å². The van der Waals surface area contributed by atoms with Crippen molar-refractivity contribution in [3.05, 3.63) is 0 Å². The van der Waals surface area contributed by atoms with Crippen LogP contribution < -0.4 is 5.73 Å². The molecule has 2 aliphatic rings. The summed E-state index contributed by atoms with van der Waals surface area (Å²) in [5, 5.41) is 0. The Labute approximate surface area is 103 Å². The predicted octanol–water partition coefficient (Wildman–Crippen LogP) is 2.38. The molecule has 0 radical (unpaired) electrons. The van der Waals surface area contributed by atoms with Crippen molar-refractivity contribution < 1.29 is 4.79 Å². The molecule has 1 unspecified atom stereocenters. The van der Waals surface area contributed by atoms with Crippen LogP contribution in [0.4, 0.5) is 4.79 Å². The fourth-order valence-corrected chi connectivity index (χ4v) is 3.11. The number of aliphatic imine (C=N–C) groups is 1. The normalized spacial score (nSPS) is 34.4. The van der Waals surface area contributed by atoms with Crippen LogP contribution in [0.15, 0.2) is 4.99 Å². The fourth-order valence-electron chi connectivity index (χ4n) is 3.11. The van der Waals surface area contributed by atoms with Crippen molar-refractivity contribution in [1.82, 2.24) is 4.90 Å². The molecule has 1 aliphatic carbocycles. The number of amides is 2. The summed E-state index contributed by atoms with van der Waals surface area (Å²) >= 11 is 0. The standard InChI is InChI=1S/C13H23N3O/c1-8(2)16-11(12(14)15-13(16)17)10-6-4-9(3)5-7-10/h8-11H,4-7H2,1-3H3,(H2,14,15,17). The quantitative estimate of drug-likeness (QED) is 0.801. The minimum atomic E-state index is -0.152. The highest BCUT2D eigenvalue weighted by atomic mass is 16.2. The van der Waals surface area contributed by atoms with E-state index in [-0.39, 0.29) is 18.1 Å². The molecule has 17 heavy (non-hydrogen) atoms. The molecule has 2 N–H and O–H groups in total. The number of nitrogens with zero attached hydrogens (tertiary/aromatic N) is 2. The molecule has 0 aromatic heterocycles. The summed E-state index contributed by atoms with van der Waals surface area (Å²) in [6.45, 7) is 6.36. The minimum Gasteiger partial charge on any atom is -0.385 e. The average molecular weight is 237 g/mol. The van der Waals surface area contributed by atoms with Gasteiger partial charge in [0.25, 0.3) is 0 Å². The second kappa shape index (κ2) is 4.67. The van der Waals surface area contributed by atoms with Gasteiger partial charge in [-0.25, -0.2) is 4.79 Å². The lowest BCUT2D eigenvalue weighted by Gasteiger charge is -2.37. The van der Waals surface area contributed by atoms with E-state index in [1.807, 2.05) is 18.7 Å². The lowest BCUT2D eigenvalue weighted by atomic mass is 9.78. The highest BCUT2D eigenvalue weighted by Gasteiger charge is 2.40. The molecule has 2 amide bonds. The monoisotopic (exact) mass is 237 g/mol. The van der Waals surface area contributed by atoms with Gasteiger partial charge in [0.05, 0.1) is 6.04 Å². The van der Waals surface area contributed by atoms with Crippen molar-refractivity contribution in [2.45, 2.75) is 58.5 Å². The van der Waals surface area contributed by atoms with Gasteiger partial charge in [0.2, 0.25) is 0 Å². The first-order valence-electron chi connectivity index (χ1n) is 6.67. The first-order chi connectivity index (χ1) is 8.00. The Bertz CT molecular complexity index is 330. The van der Waals surface area contributed by atoms with Crippen LogP contribution in [0.5, 0.6) is 0 Å². The van der Waals surface area contributed by atoms with Gasteiger partial charge in [-0.05, 0) is 38.5 Å². The van der Waals surface area contributed by atoms with Crippen LogP contribution in [0.3, 0.4) is 0 Å². The zero-order valence-electron chi connectivity index (χ0n) is 11.0. The number of carbonyl (C=O) groups excluding carboxylic acids is 1. The van der Waals surface area contributed by atoms with Crippen molar-refractivity contribution in [2.24, 2.45) is 22.6 Å². The first kappa shape index (κ1) is 12.4. The molecule has 2 rings (SSSR count). The lowest BCUT2D eigenvalue weighted by molar-refractivity contribution is 0.148. The van der Waals surface area contributed by atoms with E-state index in [0.29, 0.717) is 11.8 Å². The van der Waals surface area contributed by atoms with Crippen LogP contribution >= 0.6 is 0 Å². The second-order valence-corrected chi connectivity index (χ2v) is 5.79. The maximum Gasteiger partial charge on any atom is 0.346 e. The van der Waals surface area contributed by atoms with Crippen LogP contribution in [-0.4, -0.2) is 28.9 Å². The Kier molecular flexibility index (Phi) is 3.40. The Hall–Kier alpha value is -1.06. The third kappa shape index (κ3) is 2.31. The third-order valence-electron chi connectivity index (χ3n) is 4.11. The molecule has 0 bridgehead atoms. The van der Waals surface area contributed by atoms with E-state index in [9.17, 15) is 4.79 Å². The summed E-state index contributed by atoms with van der Waals surface area (Å²) in [5.74, 6) is 1.85. The smallest absolute Gasteiger partial charge is 0.346 e. The van der Waals surface area contributed by atoms with E-state index in [1.165, 1.54) is 25.7 Å². The van der Waals surface area contributed by atoms with Gasteiger partial charge in [-0.2, -0.15) is 4.99 Å². The molecule has 0 spiro atoms. The van der Waals surface area contributed by atoms with Crippen molar-refractivity contribution >= 4 is 11.9 Å². The van der Waals surface area contributed by atoms with Gasteiger partial charge in [-0.15, -0.1) is 0 Å². The molecular formula is C13H23N3O. The molecule has 1 atom stereocenters. The summed E-state index contributed by atoms with van der Waals surface area (Å²) in [5.41, 5.74) is 5.95. The zero-order chi connectivity index (χ0) is 12.6. The van der Waals surface area contributed by atoms with E-state index in [1.54, 1.807) is 0 Å². The average Bonchev–Trinajstić information content (AvgIpc) is 2.55. The Morgan fingerprint density at radius 1 is 1.29 bits per heavy atom. The number of hydrogen-bond acceptors (Lipinski definition) is 2. The van der Waals surface area contributed by atoms with Gasteiger partial charge >= 0.3 is 6.03 Å². The number of rotatable bonds is 2. The number of amidine groups is 1. The van der Waals surface area contributed by atoms with Gasteiger partial charge in [0.15, 0.2) is 0 Å². The van der Waals surface area contributed by atoms with Gasteiger partial charge in [0.1, 0.15) is 5.84 Å². The second-order valence-electron chi connectivity index (χ2n) is 5.79. The highest BCUT2D eigenvalue weighted by Crippen LogP contribution is 2.34. The summed E-state index contributed by atoms with van der Waals surface area (Å²) in [4.78, 5) is 17.6. The van der Waals surface area contributed by atoms with Crippen LogP contribution in [0.25, 0.3) is 0 Å². The van der Waals surface area contributed by atoms with Crippen molar-refractivity contribution in [3.8, 4) is 0 Å². The SMILES string of the molecule is CC1CCC(C2C(N)=NC(=O)N2C(C)C)CC1. The van der Waals surface area contributed by atoms with E-state index in [2.05, 4.69) is 11.9 Å². The molecule has 1 saturated carbocycles. The van der Waals surface area contributed by atoms with Crippen molar-refractivity contribution in [2.75, 3.05) is 0 Å². The number of carbonyl (C=O) groups is 1. The van der Waals surface area contributed by atoms with Crippen molar-refractivity contribution in [1.29, 1.82) is 0 Å². The van der Waals surface area contributed by atoms with Gasteiger partial charge in [-0.1, -0.05) is 19.8 Å². The molecule has 0 aromatic carbocycles. The molecule has 1 aliphatic heterocycles. The largest absolute Gasteiger partial charge is 0.385 e. The molecule has 4 nitrogen and oxygen atoms in total. The summed E-state index contributed by atoms with van der Waals surface area (Å²) < 4.78 is 0. The van der Waals surface area contributed by atoms with Crippen LogP contribution in [0.2, 0.25) is 0 Å². The molecule has 0 aromatic rings. The predicted molar refractivity (Wildman–Crippen MR) is 68.9 cm³/mol. The van der Waals surface area contributed by atoms with Crippen molar-refractivity contribution in [3.63, 3.8) is 0 Å². The van der Waals surface area contributed by atoms with Gasteiger partial charge < -0.3 is 10.6 Å². The summed E-state index contributed by atoms with van der Waals surface area (Å²) in [6.07, 6.45) is 4.82. The summed E-state index contributed by atoms with van der Waals surface area (Å²) in [6, 6.07) is 0.0766. The topological polar surface area (TPSA) is 58.7 Å². The van der Waals surface area contributed by atoms with E-state index < -0.39 is 0 Å². The molecule has 1 heterocycles. The first-order valence-corrected chi connectivity index (χ1v) is 6.67. The Balaban J connectivity index is 2.12. The van der Waals surface area contributed by atoms with E-state index in [4.69, 9.17) is 5.73 Å². The molecule has 0 saturated heterocycles. The Morgan fingerprint density at radius 2 is 1.88 bits per heavy atom. The van der Waals surface area contributed by atoms with E-state index in [0.717, 1.165) is 5.92 Å². The lowest BCUT2D eigenvalue weighted by Crippen LogP contribution is -2.49. The number of hydrogen-bond donors (Lipinski definition) is 1. The maximum absolute atomic E-state index is 11.8.